The number of hydrogen-bond acceptors (Lipinski definition) is 8. The second kappa shape index (κ2) is 9.52. The number of nitrogens with zero attached hydrogens (tertiary/aromatic N) is 4. The zero-order chi connectivity index (χ0) is 22.5. The first-order chi connectivity index (χ1) is 15.6. The SMILES string of the molecule is CCOc1ccccc1-c1sc2c(N=NCc3ccc(NC(C)=O)cc3)ncnc2c1O. The molecule has 2 N–H and O–H groups in total. The standard InChI is InChI=1S/C23H21N5O3S/c1-3-31-18-7-5-4-6-17(18)21-20(30)19-22(32-21)23(25-13-24-19)28-26-12-15-8-10-16(11-9-15)27-14(2)29/h4-11,13,30H,3,12H2,1-2H3,(H,27,29). The molecule has 0 aliphatic heterocycles. The Hall–Kier alpha value is -3.85. The fourth-order valence-electron chi connectivity index (χ4n) is 3.16. The van der Waals surface area contributed by atoms with Crippen LogP contribution in [0.4, 0.5) is 11.5 Å². The van der Waals surface area contributed by atoms with Crippen molar-refractivity contribution in [1.29, 1.82) is 0 Å². The molecule has 0 fully saturated rings. The van der Waals surface area contributed by atoms with Crippen molar-refractivity contribution in [2.75, 3.05) is 11.9 Å². The number of thiophene rings is 1. The summed E-state index contributed by atoms with van der Waals surface area (Å²) in [6.07, 6.45) is 1.36. The molecule has 162 valence electrons. The normalized spacial score (nSPS) is 11.2. The van der Waals surface area contributed by atoms with Gasteiger partial charge in [-0.05, 0) is 36.8 Å². The molecule has 0 saturated carbocycles. The summed E-state index contributed by atoms with van der Waals surface area (Å²) < 4.78 is 6.36. The molecule has 2 heterocycles. The summed E-state index contributed by atoms with van der Waals surface area (Å²) in [5.74, 6) is 1.04. The Balaban J connectivity index is 1.60. The Morgan fingerprint density at radius 2 is 1.94 bits per heavy atom. The molecule has 0 aliphatic rings. The molecule has 2 aromatic heterocycles. The fraction of sp³-hybridized carbons (Fsp3) is 0.174. The topological polar surface area (TPSA) is 109 Å². The van der Waals surface area contributed by atoms with Gasteiger partial charge >= 0.3 is 0 Å². The predicted molar refractivity (Wildman–Crippen MR) is 125 cm³/mol. The number of azo groups is 1. The molecule has 2 aromatic carbocycles. The Morgan fingerprint density at radius 1 is 1.16 bits per heavy atom. The number of para-hydroxylation sites is 1. The van der Waals surface area contributed by atoms with Crippen LogP contribution in [0.15, 0.2) is 65.1 Å². The molecule has 0 radical (unpaired) electrons. The number of carbonyl (C=O) groups excluding carboxylic acids is 1. The summed E-state index contributed by atoms with van der Waals surface area (Å²) in [7, 11) is 0. The van der Waals surface area contributed by atoms with Crippen molar-refractivity contribution >= 4 is 39.0 Å². The molecule has 0 atom stereocenters. The lowest BCUT2D eigenvalue weighted by Gasteiger charge is -2.08. The number of aromatic hydroxyl groups is 1. The van der Waals surface area contributed by atoms with Crippen LogP contribution in [-0.4, -0.2) is 27.6 Å². The van der Waals surface area contributed by atoms with Gasteiger partial charge in [-0.3, -0.25) is 4.79 Å². The molecular formula is C23H21N5O3S. The van der Waals surface area contributed by atoms with Crippen LogP contribution in [0.3, 0.4) is 0 Å². The maximum absolute atomic E-state index is 11.1. The van der Waals surface area contributed by atoms with Gasteiger partial charge in [0.2, 0.25) is 5.91 Å². The lowest BCUT2D eigenvalue weighted by atomic mass is 10.1. The quantitative estimate of drug-likeness (QED) is 0.353. The summed E-state index contributed by atoms with van der Waals surface area (Å²) in [6, 6.07) is 14.9. The van der Waals surface area contributed by atoms with Crippen molar-refractivity contribution in [1.82, 2.24) is 9.97 Å². The van der Waals surface area contributed by atoms with Gasteiger partial charge in [-0.15, -0.1) is 16.5 Å². The molecule has 0 bridgehead atoms. The van der Waals surface area contributed by atoms with Crippen molar-refractivity contribution in [3.05, 3.63) is 60.4 Å². The second-order valence-electron chi connectivity index (χ2n) is 6.86. The van der Waals surface area contributed by atoms with Gasteiger partial charge in [-0.25, -0.2) is 9.97 Å². The van der Waals surface area contributed by atoms with E-state index in [0.717, 1.165) is 16.8 Å². The smallest absolute Gasteiger partial charge is 0.221 e. The predicted octanol–water partition coefficient (Wildman–Crippen LogP) is 5.70. The molecule has 0 unspecified atom stereocenters. The van der Waals surface area contributed by atoms with Gasteiger partial charge in [-0.1, -0.05) is 24.3 Å². The van der Waals surface area contributed by atoms with E-state index in [1.54, 1.807) is 0 Å². The molecule has 32 heavy (non-hydrogen) atoms. The number of carbonyl (C=O) groups is 1. The Bertz CT molecular complexity index is 1280. The van der Waals surface area contributed by atoms with E-state index in [1.165, 1.54) is 24.6 Å². The van der Waals surface area contributed by atoms with Gasteiger partial charge < -0.3 is 15.2 Å². The monoisotopic (exact) mass is 447 g/mol. The minimum atomic E-state index is -0.118. The number of amides is 1. The van der Waals surface area contributed by atoms with Crippen LogP contribution in [0, 0.1) is 0 Å². The lowest BCUT2D eigenvalue weighted by molar-refractivity contribution is -0.114. The Morgan fingerprint density at radius 3 is 2.69 bits per heavy atom. The number of ether oxygens (including phenoxy) is 1. The summed E-state index contributed by atoms with van der Waals surface area (Å²) in [5, 5.41) is 22.1. The fourth-order valence-corrected chi connectivity index (χ4v) is 4.26. The zero-order valence-corrected chi connectivity index (χ0v) is 18.4. The average Bonchev–Trinajstić information content (AvgIpc) is 3.12. The van der Waals surface area contributed by atoms with Crippen LogP contribution < -0.4 is 10.1 Å². The number of aromatic nitrogens is 2. The molecule has 0 spiro atoms. The van der Waals surface area contributed by atoms with Crippen LogP contribution in [0.25, 0.3) is 20.7 Å². The number of benzene rings is 2. The van der Waals surface area contributed by atoms with Crippen LogP contribution in [0.2, 0.25) is 0 Å². The molecule has 4 rings (SSSR count). The van der Waals surface area contributed by atoms with Crippen LogP contribution in [-0.2, 0) is 11.3 Å². The molecule has 8 nitrogen and oxygen atoms in total. The second-order valence-corrected chi connectivity index (χ2v) is 7.88. The van der Waals surface area contributed by atoms with E-state index in [4.69, 9.17) is 4.74 Å². The molecule has 9 heteroatoms. The van der Waals surface area contributed by atoms with E-state index in [9.17, 15) is 9.90 Å². The van der Waals surface area contributed by atoms with Gasteiger partial charge in [0.1, 0.15) is 22.3 Å². The van der Waals surface area contributed by atoms with E-state index < -0.39 is 0 Å². The van der Waals surface area contributed by atoms with Gasteiger partial charge in [0.15, 0.2) is 11.6 Å². The third-order valence-electron chi connectivity index (χ3n) is 4.55. The number of fused-ring (bicyclic) bond motifs is 1. The summed E-state index contributed by atoms with van der Waals surface area (Å²) in [6.45, 7) is 4.25. The van der Waals surface area contributed by atoms with Crippen molar-refractivity contribution in [2.24, 2.45) is 10.2 Å². The summed E-state index contributed by atoms with van der Waals surface area (Å²) in [5.41, 5.74) is 2.88. The summed E-state index contributed by atoms with van der Waals surface area (Å²) >= 11 is 1.35. The van der Waals surface area contributed by atoms with Crippen molar-refractivity contribution < 1.29 is 14.6 Å². The number of rotatable bonds is 7. The third-order valence-corrected chi connectivity index (χ3v) is 5.75. The van der Waals surface area contributed by atoms with Gasteiger partial charge in [0, 0.05) is 18.2 Å². The van der Waals surface area contributed by atoms with Crippen LogP contribution in [0.5, 0.6) is 11.5 Å². The molecule has 0 aliphatic carbocycles. The molecule has 0 saturated heterocycles. The molecule has 4 aromatic rings. The largest absolute Gasteiger partial charge is 0.504 e. The highest BCUT2D eigenvalue weighted by molar-refractivity contribution is 7.23. The first kappa shape index (κ1) is 21.4. The van der Waals surface area contributed by atoms with Gasteiger partial charge in [0.25, 0.3) is 0 Å². The number of nitrogens with one attached hydrogen (secondary N) is 1. The number of anilines is 1. The highest BCUT2D eigenvalue weighted by atomic mass is 32.1. The van der Waals surface area contributed by atoms with Crippen molar-refractivity contribution in [3.8, 4) is 21.9 Å². The zero-order valence-electron chi connectivity index (χ0n) is 17.6. The third kappa shape index (κ3) is 4.57. The van der Waals surface area contributed by atoms with Crippen LogP contribution >= 0.6 is 11.3 Å². The van der Waals surface area contributed by atoms with E-state index in [2.05, 4.69) is 25.5 Å². The maximum Gasteiger partial charge on any atom is 0.221 e. The molecule has 1 amide bonds. The van der Waals surface area contributed by atoms with Gasteiger partial charge in [0.05, 0.1) is 18.0 Å². The Kier molecular flexibility index (Phi) is 6.37. The number of hydrogen-bond donors (Lipinski definition) is 2. The highest BCUT2D eigenvalue weighted by Crippen LogP contribution is 2.47. The van der Waals surface area contributed by atoms with Crippen molar-refractivity contribution in [3.63, 3.8) is 0 Å². The first-order valence-corrected chi connectivity index (χ1v) is 10.8. The summed E-state index contributed by atoms with van der Waals surface area (Å²) in [4.78, 5) is 20.2. The van der Waals surface area contributed by atoms with E-state index >= 15 is 0 Å². The van der Waals surface area contributed by atoms with E-state index in [-0.39, 0.29) is 11.7 Å². The van der Waals surface area contributed by atoms with Gasteiger partial charge in [-0.2, -0.15) is 5.11 Å². The molecular weight excluding hydrogens is 426 g/mol. The van der Waals surface area contributed by atoms with Crippen LogP contribution in [0.1, 0.15) is 19.4 Å². The van der Waals surface area contributed by atoms with E-state index in [1.807, 2.05) is 55.5 Å². The first-order valence-electron chi connectivity index (χ1n) is 9.99. The van der Waals surface area contributed by atoms with Crippen molar-refractivity contribution in [2.45, 2.75) is 20.4 Å². The maximum atomic E-state index is 11.1. The minimum absolute atomic E-state index is 0.0737. The lowest BCUT2D eigenvalue weighted by Crippen LogP contribution is -2.05. The van der Waals surface area contributed by atoms with E-state index in [0.29, 0.717) is 39.8 Å². The Labute approximate surface area is 188 Å². The highest BCUT2D eigenvalue weighted by Gasteiger charge is 2.20. The minimum Gasteiger partial charge on any atom is -0.504 e. The average molecular weight is 448 g/mol.